The van der Waals surface area contributed by atoms with Crippen LogP contribution in [-0.4, -0.2) is 12.2 Å². The highest BCUT2D eigenvalue weighted by Gasteiger charge is 2.47. The topological polar surface area (TPSA) is 35.2 Å². The van der Waals surface area contributed by atoms with E-state index in [9.17, 15) is 0 Å². The number of nitrogens with two attached hydrogens (primary N) is 1. The standard InChI is InChI=1S/C16H21BrClNO/c1-15(19,13-4-3-12(17)9-14(13)18)11-5-8-20-16(10-11)6-2-7-16/h3-4,9,11H,2,5-8,10,19H2,1H3. The quantitative estimate of drug-likeness (QED) is 0.837. The van der Waals surface area contributed by atoms with E-state index < -0.39 is 5.54 Å². The lowest BCUT2D eigenvalue weighted by molar-refractivity contribution is -0.151. The van der Waals surface area contributed by atoms with Gasteiger partial charge in [-0.05, 0) is 62.6 Å². The van der Waals surface area contributed by atoms with Crippen LogP contribution in [0.25, 0.3) is 0 Å². The summed E-state index contributed by atoms with van der Waals surface area (Å²) in [4.78, 5) is 0. The van der Waals surface area contributed by atoms with Gasteiger partial charge in [-0.15, -0.1) is 0 Å². The first kappa shape index (κ1) is 14.8. The largest absolute Gasteiger partial charge is 0.375 e. The molecule has 2 fully saturated rings. The number of halogens is 2. The van der Waals surface area contributed by atoms with E-state index in [0.29, 0.717) is 5.92 Å². The summed E-state index contributed by atoms with van der Waals surface area (Å²) in [5.41, 5.74) is 7.47. The van der Waals surface area contributed by atoms with Crippen molar-refractivity contribution in [3.8, 4) is 0 Å². The van der Waals surface area contributed by atoms with Crippen molar-refractivity contribution in [2.24, 2.45) is 11.7 Å². The van der Waals surface area contributed by atoms with Crippen LogP contribution in [-0.2, 0) is 10.3 Å². The maximum Gasteiger partial charge on any atom is 0.0686 e. The molecule has 1 aromatic carbocycles. The number of hydrogen-bond acceptors (Lipinski definition) is 2. The molecule has 1 aromatic rings. The molecule has 3 rings (SSSR count). The van der Waals surface area contributed by atoms with Gasteiger partial charge in [-0.1, -0.05) is 33.6 Å². The maximum atomic E-state index is 6.71. The molecule has 0 bridgehead atoms. The molecule has 0 aromatic heterocycles. The molecule has 2 N–H and O–H groups in total. The maximum absolute atomic E-state index is 6.71. The second kappa shape index (κ2) is 5.28. The molecule has 2 aliphatic rings. The van der Waals surface area contributed by atoms with E-state index in [-0.39, 0.29) is 5.60 Å². The third-order valence-corrected chi connectivity index (χ3v) is 5.92. The Balaban J connectivity index is 1.86. The Labute approximate surface area is 134 Å². The zero-order valence-electron chi connectivity index (χ0n) is 11.8. The van der Waals surface area contributed by atoms with E-state index in [1.165, 1.54) is 19.3 Å². The van der Waals surface area contributed by atoms with Gasteiger partial charge < -0.3 is 10.5 Å². The number of benzene rings is 1. The third kappa shape index (κ3) is 2.54. The van der Waals surface area contributed by atoms with Gasteiger partial charge >= 0.3 is 0 Å². The molecule has 1 aliphatic carbocycles. The summed E-state index contributed by atoms with van der Waals surface area (Å²) < 4.78 is 7.01. The molecule has 20 heavy (non-hydrogen) atoms. The Hall–Kier alpha value is -0.0900. The van der Waals surface area contributed by atoms with E-state index in [1.54, 1.807) is 0 Å². The fraction of sp³-hybridized carbons (Fsp3) is 0.625. The van der Waals surface area contributed by atoms with Crippen molar-refractivity contribution in [1.29, 1.82) is 0 Å². The fourth-order valence-electron chi connectivity index (χ4n) is 3.61. The lowest BCUT2D eigenvalue weighted by atomic mass is 9.66. The summed E-state index contributed by atoms with van der Waals surface area (Å²) >= 11 is 9.86. The number of ether oxygens (including phenoxy) is 1. The second-order valence-corrected chi connectivity index (χ2v) is 7.80. The van der Waals surface area contributed by atoms with Gasteiger partial charge in [0.15, 0.2) is 0 Å². The summed E-state index contributed by atoms with van der Waals surface area (Å²) in [7, 11) is 0. The summed E-state index contributed by atoms with van der Waals surface area (Å²) in [6, 6.07) is 6.00. The molecule has 4 heteroatoms. The van der Waals surface area contributed by atoms with Crippen molar-refractivity contribution in [3.63, 3.8) is 0 Å². The van der Waals surface area contributed by atoms with Crippen LogP contribution in [0.4, 0.5) is 0 Å². The van der Waals surface area contributed by atoms with Crippen LogP contribution in [0.3, 0.4) is 0 Å². The Morgan fingerprint density at radius 1 is 1.45 bits per heavy atom. The third-order valence-electron chi connectivity index (χ3n) is 5.12. The van der Waals surface area contributed by atoms with Crippen molar-refractivity contribution in [2.45, 2.75) is 50.2 Å². The monoisotopic (exact) mass is 357 g/mol. The van der Waals surface area contributed by atoms with Gasteiger partial charge in [0.05, 0.1) is 5.60 Å². The molecule has 2 atom stereocenters. The molecule has 2 unspecified atom stereocenters. The Morgan fingerprint density at radius 2 is 2.20 bits per heavy atom. The highest BCUT2D eigenvalue weighted by molar-refractivity contribution is 9.10. The lowest BCUT2D eigenvalue weighted by Gasteiger charge is -2.50. The van der Waals surface area contributed by atoms with Gasteiger partial charge in [-0.2, -0.15) is 0 Å². The molecule has 0 amide bonds. The highest BCUT2D eigenvalue weighted by Crippen LogP contribution is 2.49. The van der Waals surface area contributed by atoms with E-state index in [0.717, 1.165) is 34.5 Å². The molecule has 1 saturated heterocycles. The van der Waals surface area contributed by atoms with Gasteiger partial charge in [-0.25, -0.2) is 0 Å². The van der Waals surface area contributed by atoms with E-state index in [2.05, 4.69) is 28.9 Å². The van der Waals surface area contributed by atoms with Crippen molar-refractivity contribution in [3.05, 3.63) is 33.3 Å². The average Bonchev–Trinajstić information content (AvgIpc) is 2.36. The minimum atomic E-state index is -0.399. The van der Waals surface area contributed by atoms with E-state index in [1.807, 2.05) is 12.1 Å². The van der Waals surface area contributed by atoms with Crippen LogP contribution in [0.5, 0.6) is 0 Å². The fourth-order valence-corrected chi connectivity index (χ4v) is 4.48. The van der Waals surface area contributed by atoms with Gasteiger partial charge in [-0.3, -0.25) is 0 Å². The van der Waals surface area contributed by atoms with Crippen molar-refractivity contribution in [2.75, 3.05) is 6.61 Å². The molecule has 1 aliphatic heterocycles. The molecule has 1 spiro atoms. The zero-order chi connectivity index (χ0) is 14.4. The molecule has 0 radical (unpaired) electrons. The molecular formula is C16H21BrClNO. The summed E-state index contributed by atoms with van der Waals surface area (Å²) in [5.74, 6) is 0.426. The Bertz CT molecular complexity index is 513. The van der Waals surface area contributed by atoms with Gasteiger partial charge in [0.25, 0.3) is 0 Å². The van der Waals surface area contributed by atoms with Crippen LogP contribution in [0.1, 0.15) is 44.6 Å². The summed E-state index contributed by atoms with van der Waals surface area (Å²) in [6.07, 6.45) is 5.74. The van der Waals surface area contributed by atoms with Gasteiger partial charge in [0, 0.05) is 21.6 Å². The number of hydrogen-bond donors (Lipinski definition) is 1. The minimum Gasteiger partial charge on any atom is -0.375 e. The van der Waals surface area contributed by atoms with Gasteiger partial charge in [0.1, 0.15) is 0 Å². The smallest absolute Gasteiger partial charge is 0.0686 e. The molecule has 110 valence electrons. The van der Waals surface area contributed by atoms with E-state index in [4.69, 9.17) is 22.1 Å². The molecule has 2 nitrogen and oxygen atoms in total. The SMILES string of the molecule is CC(N)(c1ccc(Br)cc1Cl)C1CCOC2(CCC2)C1. The lowest BCUT2D eigenvalue weighted by Crippen LogP contribution is -2.52. The van der Waals surface area contributed by atoms with Crippen LogP contribution >= 0.6 is 27.5 Å². The van der Waals surface area contributed by atoms with Crippen LogP contribution < -0.4 is 5.73 Å². The first-order chi connectivity index (χ1) is 9.43. The first-order valence-electron chi connectivity index (χ1n) is 7.31. The van der Waals surface area contributed by atoms with Crippen LogP contribution in [0.2, 0.25) is 5.02 Å². The summed E-state index contributed by atoms with van der Waals surface area (Å²) in [6.45, 7) is 2.94. The zero-order valence-corrected chi connectivity index (χ0v) is 14.1. The van der Waals surface area contributed by atoms with Crippen LogP contribution in [0.15, 0.2) is 22.7 Å². The van der Waals surface area contributed by atoms with Crippen molar-refractivity contribution < 1.29 is 4.74 Å². The minimum absolute atomic E-state index is 0.116. The average molecular weight is 359 g/mol. The number of rotatable bonds is 2. The normalized spacial score (nSPS) is 27.9. The van der Waals surface area contributed by atoms with Crippen molar-refractivity contribution >= 4 is 27.5 Å². The highest BCUT2D eigenvalue weighted by atomic mass is 79.9. The Kier molecular flexibility index (Phi) is 3.91. The second-order valence-electron chi connectivity index (χ2n) is 6.48. The first-order valence-corrected chi connectivity index (χ1v) is 8.48. The van der Waals surface area contributed by atoms with E-state index >= 15 is 0 Å². The van der Waals surface area contributed by atoms with Gasteiger partial charge in [0.2, 0.25) is 0 Å². The molecule has 1 heterocycles. The predicted molar refractivity (Wildman–Crippen MR) is 85.9 cm³/mol. The Morgan fingerprint density at radius 3 is 2.80 bits per heavy atom. The van der Waals surface area contributed by atoms with Crippen LogP contribution in [0, 0.1) is 5.92 Å². The molecule has 1 saturated carbocycles. The van der Waals surface area contributed by atoms with Crippen molar-refractivity contribution in [1.82, 2.24) is 0 Å². The molecular weight excluding hydrogens is 338 g/mol. The predicted octanol–water partition coefficient (Wildman–Crippen LogP) is 4.63. The summed E-state index contributed by atoms with van der Waals surface area (Å²) in [5, 5.41) is 0.749.